The zero-order valence-electron chi connectivity index (χ0n) is 20.3. The summed E-state index contributed by atoms with van der Waals surface area (Å²) in [5, 5.41) is 6.63. The Balaban J connectivity index is 1.41. The van der Waals surface area contributed by atoms with Gasteiger partial charge in [0.25, 0.3) is 0 Å². The number of esters is 1. The fourth-order valence-electron chi connectivity index (χ4n) is 4.26. The van der Waals surface area contributed by atoms with Crippen molar-refractivity contribution in [2.75, 3.05) is 44.3 Å². The SMILES string of the molecule is CCCCOC(=O)CN1CCc2ccc(C(=O)c3ccc(C=NN4CCSCC4)cc3)cc2C1N. The third-order valence-electron chi connectivity index (χ3n) is 6.41. The van der Waals surface area contributed by atoms with E-state index in [2.05, 4.69) is 17.0 Å². The van der Waals surface area contributed by atoms with Gasteiger partial charge >= 0.3 is 5.97 Å². The van der Waals surface area contributed by atoms with Crippen LogP contribution >= 0.6 is 11.8 Å². The van der Waals surface area contributed by atoms with E-state index in [4.69, 9.17) is 10.5 Å². The van der Waals surface area contributed by atoms with Crippen molar-refractivity contribution in [1.29, 1.82) is 0 Å². The van der Waals surface area contributed by atoms with Crippen molar-refractivity contribution >= 4 is 29.7 Å². The zero-order chi connectivity index (χ0) is 24.6. The summed E-state index contributed by atoms with van der Waals surface area (Å²) in [6.07, 6.45) is 4.02. The highest BCUT2D eigenvalue weighted by Gasteiger charge is 2.27. The minimum atomic E-state index is -0.447. The molecule has 4 rings (SSSR count). The van der Waals surface area contributed by atoms with Crippen molar-refractivity contribution in [1.82, 2.24) is 9.91 Å². The van der Waals surface area contributed by atoms with Crippen LogP contribution in [0.2, 0.25) is 0 Å². The highest BCUT2D eigenvalue weighted by atomic mass is 32.2. The number of rotatable bonds is 9. The lowest BCUT2D eigenvalue weighted by atomic mass is 9.92. The second-order valence-electron chi connectivity index (χ2n) is 8.91. The third-order valence-corrected chi connectivity index (χ3v) is 7.35. The number of hydrazone groups is 1. The zero-order valence-corrected chi connectivity index (χ0v) is 21.1. The number of hydrogen-bond acceptors (Lipinski definition) is 8. The van der Waals surface area contributed by atoms with Crippen molar-refractivity contribution in [2.24, 2.45) is 10.8 Å². The van der Waals surface area contributed by atoms with Crippen molar-refractivity contribution in [3.8, 4) is 0 Å². The highest BCUT2D eigenvalue weighted by Crippen LogP contribution is 2.28. The average Bonchev–Trinajstić information content (AvgIpc) is 2.89. The van der Waals surface area contributed by atoms with E-state index in [1.165, 1.54) is 0 Å². The third kappa shape index (κ3) is 6.72. The summed E-state index contributed by atoms with van der Waals surface area (Å²) in [7, 11) is 0. The van der Waals surface area contributed by atoms with Crippen molar-refractivity contribution in [2.45, 2.75) is 32.4 Å². The van der Waals surface area contributed by atoms with E-state index >= 15 is 0 Å². The van der Waals surface area contributed by atoms with Gasteiger partial charge in [-0.05, 0) is 35.6 Å². The first-order valence-electron chi connectivity index (χ1n) is 12.3. The number of unbranched alkanes of at least 4 members (excludes halogenated alkanes) is 1. The normalized spacial score (nSPS) is 18.5. The number of nitrogens with two attached hydrogens (primary N) is 1. The van der Waals surface area contributed by atoms with Crippen LogP contribution in [-0.2, 0) is 16.0 Å². The average molecular weight is 495 g/mol. The number of fused-ring (bicyclic) bond motifs is 1. The molecule has 35 heavy (non-hydrogen) atoms. The van der Waals surface area contributed by atoms with Crippen molar-refractivity contribution in [3.05, 3.63) is 70.3 Å². The molecule has 0 amide bonds. The Morgan fingerprint density at radius 2 is 1.86 bits per heavy atom. The topological polar surface area (TPSA) is 88.2 Å². The summed E-state index contributed by atoms with van der Waals surface area (Å²) < 4.78 is 5.30. The molecule has 2 aromatic rings. The van der Waals surface area contributed by atoms with Crippen molar-refractivity contribution < 1.29 is 14.3 Å². The number of hydrogen-bond donors (Lipinski definition) is 1. The predicted molar refractivity (Wildman–Crippen MR) is 141 cm³/mol. The fourth-order valence-corrected chi connectivity index (χ4v) is 5.15. The lowest BCUT2D eigenvalue weighted by Crippen LogP contribution is -2.43. The van der Waals surface area contributed by atoms with Gasteiger partial charge in [0.15, 0.2) is 5.78 Å². The molecule has 2 aliphatic heterocycles. The fraction of sp³-hybridized carbons (Fsp3) is 0.444. The summed E-state index contributed by atoms with van der Waals surface area (Å²) in [6.45, 7) is 5.27. The monoisotopic (exact) mass is 494 g/mol. The number of carbonyl (C=O) groups is 2. The summed E-state index contributed by atoms with van der Waals surface area (Å²) in [5.41, 5.74) is 10.7. The first kappa shape index (κ1) is 25.4. The van der Waals surface area contributed by atoms with Crippen LogP contribution in [0, 0.1) is 0 Å². The maximum Gasteiger partial charge on any atom is 0.320 e. The lowest BCUT2D eigenvalue weighted by molar-refractivity contribution is -0.145. The van der Waals surface area contributed by atoms with Crippen LogP contribution in [0.3, 0.4) is 0 Å². The van der Waals surface area contributed by atoms with Gasteiger partial charge in [-0.3, -0.25) is 19.5 Å². The summed E-state index contributed by atoms with van der Waals surface area (Å²) in [6, 6.07) is 13.3. The lowest BCUT2D eigenvalue weighted by Gasteiger charge is -2.34. The predicted octanol–water partition coefficient (Wildman–Crippen LogP) is 3.46. The van der Waals surface area contributed by atoms with Crippen LogP contribution in [0.5, 0.6) is 0 Å². The molecule has 186 valence electrons. The van der Waals surface area contributed by atoms with Crippen LogP contribution in [0.4, 0.5) is 0 Å². The minimum absolute atomic E-state index is 0.0485. The molecule has 1 unspecified atom stereocenters. The number of thioether (sulfide) groups is 1. The minimum Gasteiger partial charge on any atom is -0.465 e. The van der Waals surface area contributed by atoms with E-state index in [-0.39, 0.29) is 18.3 Å². The van der Waals surface area contributed by atoms with Crippen LogP contribution < -0.4 is 5.73 Å². The molecule has 1 fully saturated rings. The largest absolute Gasteiger partial charge is 0.465 e. The Kier molecular flexibility index (Phi) is 8.95. The summed E-state index contributed by atoms with van der Waals surface area (Å²) in [4.78, 5) is 27.3. The Morgan fingerprint density at radius 1 is 1.11 bits per heavy atom. The van der Waals surface area contributed by atoms with Crippen LogP contribution in [0.25, 0.3) is 0 Å². The molecule has 2 N–H and O–H groups in total. The van der Waals surface area contributed by atoms with E-state index in [0.29, 0.717) is 24.3 Å². The standard InChI is InChI=1S/C27H34N4O3S/c1-2-3-14-34-25(32)19-30-11-10-21-8-9-23(17-24(21)27(30)28)26(33)22-6-4-20(5-7-22)18-29-31-12-15-35-16-13-31/h4-9,17-18,27H,2-3,10-16,19,28H2,1H3. The van der Waals surface area contributed by atoms with Crippen LogP contribution in [0.15, 0.2) is 47.6 Å². The van der Waals surface area contributed by atoms with E-state index in [0.717, 1.165) is 60.5 Å². The van der Waals surface area contributed by atoms with Gasteiger partial charge in [-0.2, -0.15) is 16.9 Å². The van der Waals surface area contributed by atoms with Gasteiger partial charge < -0.3 is 10.5 Å². The summed E-state index contributed by atoms with van der Waals surface area (Å²) in [5.74, 6) is 1.91. The molecule has 0 radical (unpaired) electrons. The number of ketones is 1. The molecule has 0 bridgehead atoms. The Morgan fingerprint density at radius 3 is 2.60 bits per heavy atom. The Hall–Kier alpha value is -2.68. The highest BCUT2D eigenvalue weighted by molar-refractivity contribution is 7.99. The van der Waals surface area contributed by atoms with Gasteiger partial charge in [-0.25, -0.2) is 0 Å². The van der Waals surface area contributed by atoms with Gasteiger partial charge in [0, 0.05) is 42.3 Å². The van der Waals surface area contributed by atoms with Gasteiger partial charge in [0.1, 0.15) is 0 Å². The van der Waals surface area contributed by atoms with Crippen molar-refractivity contribution in [3.63, 3.8) is 0 Å². The quantitative estimate of drug-likeness (QED) is 0.247. The van der Waals surface area contributed by atoms with Gasteiger partial charge in [-0.15, -0.1) is 0 Å². The molecule has 0 spiro atoms. The number of ether oxygens (including phenoxy) is 1. The number of nitrogens with zero attached hydrogens (tertiary/aromatic N) is 3. The molecule has 8 heteroatoms. The molecular formula is C27H34N4O3S. The molecule has 0 aliphatic carbocycles. The van der Waals surface area contributed by atoms with Crippen LogP contribution in [-0.4, -0.2) is 72.2 Å². The van der Waals surface area contributed by atoms with Gasteiger partial charge in [0.2, 0.25) is 0 Å². The van der Waals surface area contributed by atoms with E-state index in [9.17, 15) is 9.59 Å². The molecule has 2 aliphatic rings. The van der Waals surface area contributed by atoms with Gasteiger partial charge in [-0.1, -0.05) is 49.7 Å². The molecule has 2 heterocycles. The molecule has 0 saturated carbocycles. The van der Waals surface area contributed by atoms with Gasteiger partial charge in [0.05, 0.1) is 25.5 Å². The molecule has 1 saturated heterocycles. The second-order valence-corrected chi connectivity index (χ2v) is 10.1. The van der Waals surface area contributed by atoms with Crippen LogP contribution in [0.1, 0.15) is 58.5 Å². The van der Waals surface area contributed by atoms with E-state index in [1.54, 1.807) is 0 Å². The first-order valence-corrected chi connectivity index (χ1v) is 13.5. The maximum absolute atomic E-state index is 13.2. The molecule has 0 aromatic heterocycles. The second kappa shape index (κ2) is 12.3. The van der Waals surface area contributed by atoms with E-state index < -0.39 is 6.17 Å². The number of carbonyl (C=O) groups excluding carboxylic acids is 2. The molecule has 2 aromatic carbocycles. The van der Waals surface area contributed by atoms with E-state index in [1.807, 2.05) is 65.3 Å². The smallest absolute Gasteiger partial charge is 0.320 e. The summed E-state index contributed by atoms with van der Waals surface area (Å²) >= 11 is 1.95. The maximum atomic E-state index is 13.2. The first-order chi connectivity index (χ1) is 17.0. The Bertz CT molecular complexity index is 1050. The molecule has 7 nitrogen and oxygen atoms in total. The Labute approximate surface area is 211 Å². The molecule has 1 atom stereocenters. The number of benzene rings is 2. The molecular weight excluding hydrogens is 460 g/mol.